The van der Waals surface area contributed by atoms with Crippen molar-refractivity contribution in [3.05, 3.63) is 76.8 Å². The third-order valence-electron chi connectivity index (χ3n) is 2.96. The van der Waals surface area contributed by atoms with Gasteiger partial charge in [0, 0.05) is 17.6 Å². The smallest absolute Gasteiger partial charge is 0.331 e. The maximum atomic E-state index is 11.6. The lowest BCUT2D eigenvalue weighted by Gasteiger charge is -2.05. The predicted molar refractivity (Wildman–Crippen MR) is 89.7 cm³/mol. The minimum atomic E-state index is -0.560. The van der Waals surface area contributed by atoms with Gasteiger partial charge in [0.25, 0.3) is 5.91 Å². The van der Waals surface area contributed by atoms with E-state index in [0.717, 1.165) is 11.1 Å². The van der Waals surface area contributed by atoms with Crippen LogP contribution in [0.3, 0.4) is 0 Å². The van der Waals surface area contributed by atoms with Gasteiger partial charge < -0.3 is 10.1 Å². The van der Waals surface area contributed by atoms with Crippen molar-refractivity contribution in [2.24, 2.45) is 0 Å². The lowest BCUT2D eigenvalue weighted by Crippen LogP contribution is -2.28. The summed E-state index contributed by atoms with van der Waals surface area (Å²) in [5.41, 5.74) is 1.80. The third-order valence-corrected chi connectivity index (χ3v) is 3.21. The van der Waals surface area contributed by atoms with Gasteiger partial charge in [0.15, 0.2) is 6.61 Å². The highest BCUT2D eigenvalue weighted by Crippen LogP contribution is 2.09. The third kappa shape index (κ3) is 6.36. The molecule has 2 aromatic rings. The van der Waals surface area contributed by atoms with Gasteiger partial charge in [-0.15, -0.1) is 0 Å². The molecule has 0 unspecified atom stereocenters. The Bertz CT molecular complexity index is 681. The molecule has 1 amide bonds. The number of ether oxygens (including phenoxy) is 1. The van der Waals surface area contributed by atoms with Crippen LogP contribution in [0.4, 0.5) is 0 Å². The zero-order chi connectivity index (χ0) is 16.5. The molecule has 1 N–H and O–H groups in total. The molecule has 0 spiro atoms. The first kappa shape index (κ1) is 16.8. The van der Waals surface area contributed by atoms with Crippen molar-refractivity contribution < 1.29 is 14.3 Å². The van der Waals surface area contributed by atoms with Crippen LogP contribution in [-0.4, -0.2) is 18.5 Å². The van der Waals surface area contributed by atoms with E-state index in [4.69, 9.17) is 16.3 Å². The first-order valence-corrected chi connectivity index (χ1v) is 7.42. The van der Waals surface area contributed by atoms with Crippen molar-refractivity contribution in [1.29, 1.82) is 0 Å². The average Bonchev–Trinajstić information content (AvgIpc) is 2.58. The fourth-order valence-electron chi connectivity index (χ4n) is 1.77. The summed E-state index contributed by atoms with van der Waals surface area (Å²) >= 11 is 5.78. The molecule has 0 aliphatic rings. The first-order valence-electron chi connectivity index (χ1n) is 7.04. The number of amides is 1. The van der Waals surface area contributed by atoms with E-state index in [9.17, 15) is 9.59 Å². The van der Waals surface area contributed by atoms with Crippen molar-refractivity contribution in [3.63, 3.8) is 0 Å². The summed E-state index contributed by atoms with van der Waals surface area (Å²) in [6.07, 6.45) is 2.93. The van der Waals surface area contributed by atoms with Gasteiger partial charge in [0.2, 0.25) is 0 Å². The predicted octanol–water partition coefficient (Wildman–Crippen LogP) is 3.21. The highest BCUT2D eigenvalue weighted by molar-refractivity contribution is 6.30. The van der Waals surface area contributed by atoms with Crippen LogP contribution in [-0.2, 0) is 20.9 Å². The number of benzene rings is 2. The van der Waals surface area contributed by atoms with E-state index in [1.807, 2.05) is 42.5 Å². The highest BCUT2D eigenvalue weighted by Gasteiger charge is 2.05. The van der Waals surface area contributed by atoms with E-state index in [2.05, 4.69) is 5.32 Å². The summed E-state index contributed by atoms with van der Waals surface area (Å²) in [6, 6.07) is 16.5. The van der Waals surface area contributed by atoms with Crippen LogP contribution in [0.1, 0.15) is 11.1 Å². The first-order chi connectivity index (χ1) is 11.1. The van der Waals surface area contributed by atoms with Crippen molar-refractivity contribution in [3.8, 4) is 0 Å². The summed E-state index contributed by atoms with van der Waals surface area (Å²) in [5.74, 6) is -0.920. The molecule has 0 radical (unpaired) electrons. The van der Waals surface area contributed by atoms with Crippen LogP contribution in [0.5, 0.6) is 0 Å². The van der Waals surface area contributed by atoms with Gasteiger partial charge in [-0.05, 0) is 29.3 Å². The Morgan fingerprint density at radius 3 is 2.43 bits per heavy atom. The second-order valence-corrected chi connectivity index (χ2v) is 5.19. The standard InChI is InChI=1S/C18H16ClNO3/c19-16-9-6-15(7-10-16)12-20-17(21)13-23-18(22)11-8-14-4-2-1-3-5-14/h1-11H,12-13H2,(H,20,21)/b11-8+. The number of carbonyl (C=O) groups is 2. The van der Waals surface area contributed by atoms with Crippen molar-refractivity contribution in [2.45, 2.75) is 6.54 Å². The van der Waals surface area contributed by atoms with Crippen molar-refractivity contribution in [2.75, 3.05) is 6.61 Å². The van der Waals surface area contributed by atoms with E-state index >= 15 is 0 Å². The van der Waals surface area contributed by atoms with Gasteiger partial charge in [-0.25, -0.2) is 4.79 Å². The van der Waals surface area contributed by atoms with Gasteiger partial charge in [0.1, 0.15) is 0 Å². The molecule has 0 atom stereocenters. The van der Waals surface area contributed by atoms with Crippen LogP contribution in [0.15, 0.2) is 60.7 Å². The highest BCUT2D eigenvalue weighted by atomic mass is 35.5. The molecule has 0 aromatic heterocycles. The molecule has 0 aliphatic carbocycles. The van der Waals surface area contributed by atoms with E-state index in [-0.39, 0.29) is 12.5 Å². The van der Waals surface area contributed by atoms with Crippen LogP contribution < -0.4 is 5.32 Å². The Balaban J connectivity index is 1.70. The number of esters is 1. The van der Waals surface area contributed by atoms with E-state index < -0.39 is 5.97 Å². The second kappa shape index (κ2) is 8.76. The molecule has 2 rings (SSSR count). The topological polar surface area (TPSA) is 55.4 Å². The SMILES string of the molecule is O=C(COC(=O)/C=C/c1ccccc1)NCc1ccc(Cl)cc1. The number of halogens is 1. The Kier molecular flexibility index (Phi) is 6.39. The summed E-state index contributed by atoms with van der Waals surface area (Å²) in [5, 5.41) is 3.30. The summed E-state index contributed by atoms with van der Waals surface area (Å²) in [4.78, 5) is 23.2. The van der Waals surface area contributed by atoms with E-state index in [1.165, 1.54) is 6.08 Å². The van der Waals surface area contributed by atoms with Crippen LogP contribution in [0.2, 0.25) is 5.02 Å². The van der Waals surface area contributed by atoms with Gasteiger partial charge in [-0.1, -0.05) is 54.1 Å². The summed E-state index contributed by atoms with van der Waals surface area (Å²) < 4.78 is 4.87. The minimum absolute atomic E-state index is 0.314. The van der Waals surface area contributed by atoms with Gasteiger partial charge >= 0.3 is 5.97 Å². The van der Waals surface area contributed by atoms with Crippen LogP contribution >= 0.6 is 11.6 Å². The molecule has 4 nitrogen and oxygen atoms in total. The zero-order valence-electron chi connectivity index (χ0n) is 12.4. The molecule has 0 aliphatic heterocycles. The van der Waals surface area contributed by atoms with E-state index in [1.54, 1.807) is 18.2 Å². The molecule has 118 valence electrons. The van der Waals surface area contributed by atoms with Crippen LogP contribution in [0, 0.1) is 0 Å². The number of carbonyl (C=O) groups excluding carboxylic acids is 2. The fourth-order valence-corrected chi connectivity index (χ4v) is 1.89. The molecule has 0 heterocycles. The molecule has 23 heavy (non-hydrogen) atoms. The zero-order valence-corrected chi connectivity index (χ0v) is 13.1. The molecule has 0 bridgehead atoms. The number of hydrogen-bond donors (Lipinski definition) is 1. The largest absolute Gasteiger partial charge is 0.452 e. The molecule has 0 saturated carbocycles. The second-order valence-electron chi connectivity index (χ2n) is 4.75. The molecular weight excluding hydrogens is 314 g/mol. The normalized spacial score (nSPS) is 10.5. The quantitative estimate of drug-likeness (QED) is 0.654. The van der Waals surface area contributed by atoms with Gasteiger partial charge in [-0.3, -0.25) is 4.79 Å². The molecule has 2 aromatic carbocycles. The Morgan fingerprint density at radius 1 is 1.04 bits per heavy atom. The number of nitrogens with one attached hydrogen (secondary N) is 1. The molecule has 0 fully saturated rings. The molecular formula is C18H16ClNO3. The Morgan fingerprint density at radius 2 is 1.74 bits per heavy atom. The van der Waals surface area contributed by atoms with E-state index in [0.29, 0.717) is 11.6 Å². The number of rotatable bonds is 6. The van der Waals surface area contributed by atoms with Crippen molar-refractivity contribution in [1.82, 2.24) is 5.32 Å². The van der Waals surface area contributed by atoms with Gasteiger partial charge in [0.05, 0.1) is 0 Å². The van der Waals surface area contributed by atoms with Crippen molar-refractivity contribution >= 4 is 29.6 Å². The Labute approximate surface area is 139 Å². The minimum Gasteiger partial charge on any atom is -0.452 e. The summed E-state index contributed by atoms with van der Waals surface area (Å²) in [6.45, 7) is 0.0406. The molecule has 5 heteroatoms. The molecule has 0 saturated heterocycles. The lowest BCUT2D eigenvalue weighted by atomic mass is 10.2. The van der Waals surface area contributed by atoms with Gasteiger partial charge in [-0.2, -0.15) is 0 Å². The lowest BCUT2D eigenvalue weighted by molar-refractivity contribution is -0.143. The average molecular weight is 330 g/mol. The summed E-state index contributed by atoms with van der Waals surface area (Å²) in [7, 11) is 0. The maximum Gasteiger partial charge on any atom is 0.331 e. The van der Waals surface area contributed by atoms with Crippen LogP contribution in [0.25, 0.3) is 6.08 Å². The fraction of sp³-hybridized carbons (Fsp3) is 0.111. The number of hydrogen-bond acceptors (Lipinski definition) is 3. The maximum absolute atomic E-state index is 11.6. The Hall–Kier alpha value is -2.59. The monoisotopic (exact) mass is 329 g/mol.